The van der Waals surface area contributed by atoms with Crippen LogP contribution < -0.4 is 10.2 Å². The summed E-state index contributed by atoms with van der Waals surface area (Å²) in [7, 11) is 0. The van der Waals surface area contributed by atoms with Gasteiger partial charge in [0.05, 0.1) is 24.0 Å². The summed E-state index contributed by atoms with van der Waals surface area (Å²) in [5, 5.41) is 22.9. The van der Waals surface area contributed by atoms with Crippen molar-refractivity contribution in [2.24, 2.45) is 11.0 Å². The third kappa shape index (κ3) is 2.59. The molecule has 3 rings (SSSR count). The average Bonchev–Trinajstić information content (AvgIpc) is 3.21. The Morgan fingerprint density at radius 2 is 2.05 bits per heavy atom. The van der Waals surface area contributed by atoms with Gasteiger partial charge < -0.3 is 15.3 Å². The van der Waals surface area contributed by atoms with Crippen molar-refractivity contribution < 1.29 is 9.84 Å². The minimum Gasteiger partial charge on any atom is -0.482 e. The van der Waals surface area contributed by atoms with Gasteiger partial charge >= 0.3 is 0 Å². The number of aryl methyl sites for hydroxylation is 2. The Morgan fingerprint density at radius 3 is 2.57 bits per heavy atom. The summed E-state index contributed by atoms with van der Waals surface area (Å²) in [6.07, 6.45) is 2.06. The molecule has 1 aliphatic carbocycles. The smallest absolute Gasteiger partial charge is 0.162 e. The van der Waals surface area contributed by atoms with Crippen molar-refractivity contribution in [3.05, 3.63) is 28.8 Å². The molecule has 1 heterocycles. The lowest BCUT2D eigenvalue weighted by Crippen LogP contribution is -2.42. The topological polar surface area (TPSA) is 77.6 Å². The fraction of sp³-hybridized carbons (Fsp3) is 0.500. The maximum absolute atomic E-state index is 9.47. The molecule has 2 aliphatic rings. The number of hydrazone groups is 1. The number of hydrogen-bond acceptors (Lipinski definition) is 5. The van der Waals surface area contributed by atoms with Crippen LogP contribution in [0.4, 0.5) is 0 Å². The molecule has 0 radical (unpaired) electrons. The summed E-state index contributed by atoms with van der Waals surface area (Å²) in [6, 6.07) is 5.77. The highest BCUT2D eigenvalue weighted by atomic mass is 16.5. The van der Waals surface area contributed by atoms with Crippen molar-refractivity contribution in [2.45, 2.75) is 38.8 Å². The summed E-state index contributed by atoms with van der Waals surface area (Å²) in [6.45, 7) is 3.80. The second kappa shape index (κ2) is 5.38. The maximum atomic E-state index is 9.47. The van der Waals surface area contributed by atoms with Crippen molar-refractivity contribution in [1.82, 2.24) is 5.43 Å². The summed E-state index contributed by atoms with van der Waals surface area (Å²) in [5.41, 5.74) is 6.48. The highest BCUT2D eigenvalue weighted by Crippen LogP contribution is 2.35. The van der Waals surface area contributed by atoms with Crippen molar-refractivity contribution in [1.29, 1.82) is 5.26 Å². The first-order chi connectivity index (χ1) is 10.1. The molecule has 21 heavy (non-hydrogen) atoms. The number of nitrogens with zero attached hydrogens (tertiary/aromatic N) is 2. The zero-order valence-electron chi connectivity index (χ0n) is 12.3. The molecule has 2 N–H and O–H groups in total. The molecule has 5 heteroatoms. The number of nitrogens with one attached hydrogen (secondary N) is 1. The van der Waals surface area contributed by atoms with Gasteiger partial charge in [-0.25, -0.2) is 0 Å². The van der Waals surface area contributed by atoms with Crippen LogP contribution >= 0.6 is 0 Å². The van der Waals surface area contributed by atoms with E-state index in [0.717, 1.165) is 35.4 Å². The summed E-state index contributed by atoms with van der Waals surface area (Å²) < 4.78 is 6.09. The lowest BCUT2D eigenvalue weighted by atomic mass is 10.0. The van der Waals surface area contributed by atoms with Gasteiger partial charge in [-0.05, 0) is 49.9 Å². The van der Waals surface area contributed by atoms with Gasteiger partial charge in [0.15, 0.2) is 6.10 Å². The van der Waals surface area contributed by atoms with Gasteiger partial charge in [0.1, 0.15) is 11.8 Å². The van der Waals surface area contributed by atoms with Crippen molar-refractivity contribution >= 4 is 5.71 Å². The lowest BCUT2D eigenvalue weighted by molar-refractivity contribution is 0.164. The molecule has 1 aromatic carbocycles. The van der Waals surface area contributed by atoms with E-state index >= 15 is 0 Å². The normalized spacial score (nSPS) is 24.2. The van der Waals surface area contributed by atoms with E-state index in [9.17, 15) is 5.11 Å². The Morgan fingerprint density at radius 1 is 1.38 bits per heavy atom. The SMILES string of the molecule is Cc1cc(OC2C(C3CC3)=NNC2CO)cc(C)c1C#N. The molecule has 1 saturated carbocycles. The van der Waals surface area contributed by atoms with Gasteiger partial charge in [0.2, 0.25) is 0 Å². The van der Waals surface area contributed by atoms with Gasteiger partial charge in [0.25, 0.3) is 0 Å². The first kappa shape index (κ1) is 13.9. The van der Waals surface area contributed by atoms with E-state index in [4.69, 9.17) is 10.00 Å². The predicted molar refractivity (Wildman–Crippen MR) is 79.2 cm³/mol. The average molecular weight is 285 g/mol. The Kier molecular flexibility index (Phi) is 3.56. The number of rotatable bonds is 4. The zero-order valence-corrected chi connectivity index (χ0v) is 12.3. The number of ether oxygens (including phenoxy) is 1. The number of hydrogen-bond donors (Lipinski definition) is 2. The van der Waals surface area contributed by atoms with Crippen molar-refractivity contribution in [3.63, 3.8) is 0 Å². The van der Waals surface area contributed by atoms with Crippen LogP contribution in [-0.4, -0.2) is 29.6 Å². The highest BCUT2D eigenvalue weighted by molar-refractivity contribution is 5.94. The maximum Gasteiger partial charge on any atom is 0.162 e. The number of aliphatic hydroxyl groups is 1. The second-order valence-corrected chi connectivity index (χ2v) is 5.81. The van der Waals surface area contributed by atoms with E-state index < -0.39 is 0 Å². The van der Waals surface area contributed by atoms with E-state index in [1.54, 1.807) is 0 Å². The molecule has 0 bridgehead atoms. The molecular formula is C16H19N3O2. The largest absolute Gasteiger partial charge is 0.482 e. The van der Waals surface area contributed by atoms with Crippen molar-refractivity contribution in [2.75, 3.05) is 6.61 Å². The first-order valence-electron chi connectivity index (χ1n) is 7.26. The minimum atomic E-state index is -0.228. The molecule has 110 valence electrons. The van der Waals surface area contributed by atoms with Crippen LogP contribution in [0.15, 0.2) is 17.2 Å². The summed E-state index contributed by atoms with van der Waals surface area (Å²) in [5.74, 6) is 1.21. The Labute approximate surface area is 124 Å². The molecular weight excluding hydrogens is 266 g/mol. The van der Waals surface area contributed by atoms with Crippen LogP contribution in [0, 0.1) is 31.1 Å². The second-order valence-electron chi connectivity index (χ2n) is 5.81. The summed E-state index contributed by atoms with van der Waals surface area (Å²) in [4.78, 5) is 0. The molecule has 2 unspecified atom stereocenters. The highest BCUT2D eigenvalue weighted by Gasteiger charge is 2.41. The molecule has 0 amide bonds. The standard InChI is InChI=1S/C16H19N3O2/c1-9-5-12(6-10(2)13(9)7-17)21-16-14(8-20)18-19-15(16)11-3-4-11/h5-6,11,14,16,18,20H,3-4,8H2,1-2H3. The molecule has 0 spiro atoms. The zero-order chi connectivity index (χ0) is 15.0. The van der Waals surface area contributed by atoms with Crippen LogP contribution in [0.5, 0.6) is 5.75 Å². The fourth-order valence-corrected chi connectivity index (χ4v) is 2.79. The number of benzene rings is 1. The third-order valence-corrected chi connectivity index (χ3v) is 4.09. The van der Waals surface area contributed by atoms with E-state index in [1.807, 2.05) is 26.0 Å². The van der Waals surface area contributed by atoms with Gasteiger partial charge in [-0.1, -0.05) is 0 Å². The van der Waals surface area contributed by atoms with Gasteiger partial charge in [-0.2, -0.15) is 10.4 Å². The van der Waals surface area contributed by atoms with E-state index in [2.05, 4.69) is 16.6 Å². The van der Waals surface area contributed by atoms with Crippen LogP contribution in [-0.2, 0) is 0 Å². The molecule has 1 aliphatic heterocycles. The quantitative estimate of drug-likeness (QED) is 0.882. The van der Waals surface area contributed by atoms with Crippen LogP contribution in [0.25, 0.3) is 0 Å². The van der Waals surface area contributed by atoms with Crippen LogP contribution in [0.1, 0.15) is 29.5 Å². The lowest BCUT2D eigenvalue weighted by Gasteiger charge is -2.21. The predicted octanol–water partition coefficient (Wildman–Crippen LogP) is 1.65. The monoisotopic (exact) mass is 285 g/mol. The molecule has 0 saturated heterocycles. The van der Waals surface area contributed by atoms with E-state index in [1.165, 1.54) is 0 Å². The van der Waals surface area contributed by atoms with Crippen LogP contribution in [0.2, 0.25) is 0 Å². The fourth-order valence-electron chi connectivity index (χ4n) is 2.79. The third-order valence-electron chi connectivity index (χ3n) is 4.09. The van der Waals surface area contributed by atoms with Gasteiger partial charge in [-0.15, -0.1) is 0 Å². The van der Waals surface area contributed by atoms with Crippen LogP contribution in [0.3, 0.4) is 0 Å². The van der Waals surface area contributed by atoms with Crippen molar-refractivity contribution in [3.8, 4) is 11.8 Å². The Hall–Kier alpha value is -2.06. The Bertz CT molecular complexity index is 606. The Balaban J connectivity index is 1.85. The molecule has 2 atom stereocenters. The first-order valence-corrected chi connectivity index (χ1v) is 7.26. The molecule has 1 aromatic rings. The van der Waals surface area contributed by atoms with E-state index in [0.29, 0.717) is 11.5 Å². The molecule has 1 fully saturated rings. The van der Waals surface area contributed by atoms with Gasteiger partial charge in [0, 0.05) is 5.92 Å². The van der Waals surface area contributed by atoms with Gasteiger partial charge in [-0.3, -0.25) is 0 Å². The number of nitriles is 1. The minimum absolute atomic E-state index is 0.0152. The molecule has 5 nitrogen and oxygen atoms in total. The molecule has 0 aromatic heterocycles. The number of aliphatic hydroxyl groups excluding tert-OH is 1. The summed E-state index contributed by atoms with van der Waals surface area (Å²) >= 11 is 0. The van der Waals surface area contributed by atoms with E-state index in [-0.39, 0.29) is 18.8 Å².